The molecule has 22 heavy (non-hydrogen) atoms. The zero-order valence-corrected chi connectivity index (χ0v) is 13.5. The molecular formula is C12H15N3O5S2. The van der Waals surface area contributed by atoms with E-state index in [4.69, 9.17) is 0 Å². The standard InChI is InChI=1S/C12H15N3O5S2/c1-8(16)13-21-7-10(12(17)18)14(2)22-11-6-4-3-5-9(11)15(19)20/h3-6,10H,7H2,1-2H3,(H,13,16)(H,17,18)/t10-/m0/s1. The van der Waals surface area contributed by atoms with Crippen molar-refractivity contribution in [2.24, 2.45) is 0 Å². The Morgan fingerprint density at radius 3 is 2.64 bits per heavy atom. The Balaban J connectivity index is 2.79. The molecule has 0 radical (unpaired) electrons. The summed E-state index contributed by atoms with van der Waals surface area (Å²) in [7, 11) is 1.54. The Labute approximate surface area is 135 Å². The zero-order chi connectivity index (χ0) is 16.7. The van der Waals surface area contributed by atoms with Gasteiger partial charge in [-0.2, -0.15) is 0 Å². The van der Waals surface area contributed by atoms with Crippen molar-refractivity contribution in [1.29, 1.82) is 0 Å². The number of hydrogen-bond donors (Lipinski definition) is 2. The smallest absolute Gasteiger partial charge is 0.322 e. The SMILES string of the molecule is CC(=O)NSC[C@@H](C(=O)O)N(C)Sc1ccccc1[N+](=O)[O-]. The van der Waals surface area contributed by atoms with Crippen molar-refractivity contribution in [1.82, 2.24) is 9.03 Å². The number of carbonyl (C=O) groups is 2. The van der Waals surface area contributed by atoms with E-state index in [0.29, 0.717) is 4.90 Å². The highest BCUT2D eigenvalue weighted by Crippen LogP contribution is 2.32. The minimum Gasteiger partial charge on any atom is -0.480 e. The van der Waals surface area contributed by atoms with Gasteiger partial charge in [0.15, 0.2) is 0 Å². The van der Waals surface area contributed by atoms with Crippen molar-refractivity contribution in [2.45, 2.75) is 17.9 Å². The van der Waals surface area contributed by atoms with Crippen molar-refractivity contribution >= 4 is 41.5 Å². The van der Waals surface area contributed by atoms with Crippen LogP contribution in [-0.4, -0.2) is 45.1 Å². The van der Waals surface area contributed by atoms with E-state index in [0.717, 1.165) is 23.9 Å². The lowest BCUT2D eigenvalue weighted by atomic mass is 10.3. The van der Waals surface area contributed by atoms with E-state index in [9.17, 15) is 24.8 Å². The summed E-state index contributed by atoms with van der Waals surface area (Å²) in [5, 5.41) is 20.2. The second-order valence-electron chi connectivity index (χ2n) is 4.19. The number of nitro groups is 1. The van der Waals surface area contributed by atoms with Gasteiger partial charge in [0.1, 0.15) is 10.9 Å². The molecule has 2 N–H and O–H groups in total. The molecule has 1 atom stereocenters. The molecule has 0 aromatic heterocycles. The maximum Gasteiger partial charge on any atom is 0.322 e. The van der Waals surface area contributed by atoms with Crippen molar-refractivity contribution < 1.29 is 19.6 Å². The number of rotatable bonds is 8. The number of nitrogens with zero attached hydrogens (tertiary/aromatic N) is 2. The number of para-hydroxylation sites is 1. The van der Waals surface area contributed by atoms with Gasteiger partial charge < -0.3 is 9.83 Å². The van der Waals surface area contributed by atoms with Gasteiger partial charge in [-0.05, 0) is 37.0 Å². The molecule has 0 spiro atoms. The van der Waals surface area contributed by atoms with Crippen LogP contribution in [0.15, 0.2) is 29.2 Å². The van der Waals surface area contributed by atoms with Crippen LogP contribution < -0.4 is 4.72 Å². The largest absolute Gasteiger partial charge is 0.480 e. The number of benzene rings is 1. The average molecular weight is 345 g/mol. The number of nitrogens with one attached hydrogen (secondary N) is 1. The summed E-state index contributed by atoms with van der Waals surface area (Å²) in [6.07, 6.45) is 0. The quantitative estimate of drug-likeness (QED) is 0.416. The second kappa shape index (κ2) is 8.61. The predicted molar refractivity (Wildman–Crippen MR) is 84.4 cm³/mol. The van der Waals surface area contributed by atoms with Crippen LogP contribution in [0, 0.1) is 10.1 Å². The van der Waals surface area contributed by atoms with E-state index in [1.54, 1.807) is 18.2 Å². The third kappa shape index (κ3) is 5.54. The molecule has 0 bridgehead atoms. The fraction of sp³-hybridized carbons (Fsp3) is 0.333. The van der Waals surface area contributed by atoms with E-state index in [-0.39, 0.29) is 17.3 Å². The van der Waals surface area contributed by atoms with Gasteiger partial charge in [0.2, 0.25) is 5.91 Å². The van der Waals surface area contributed by atoms with Gasteiger partial charge in [-0.15, -0.1) is 0 Å². The Morgan fingerprint density at radius 1 is 1.45 bits per heavy atom. The Bertz CT molecular complexity index is 569. The summed E-state index contributed by atoms with van der Waals surface area (Å²) in [5.74, 6) is -1.24. The molecule has 1 amide bonds. The fourth-order valence-corrected chi connectivity index (χ4v) is 3.34. The molecule has 8 nitrogen and oxygen atoms in total. The van der Waals surface area contributed by atoms with Crippen LogP contribution >= 0.6 is 23.9 Å². The lowest BCUT2D eigenvalue weighted by Crippen LogP contribution is -2.37. The number of nitro benzene ring substituents is 1. The molecule has 0 unspecified atom stereocenters. The molecule has 1 aromatic rings. The molecule has 10 heteroatoms. The minimum atomic E-state index is -1.08. The lowest BCUT2D eigenvalue weighted by molar-refractivity contribution is -0.387. The van der Waals surface area contributed by atoms with E-state index in [1.807, 2.05) is 0 Å². The van der Waals surface area contributed by atoms with E-state index in [1.165, 1.54) is 24.3 Å². The van der Waals surface area contributed by atoms with E-state index < -0.39 is 16.9 Å². The van der Waals surface area contributed by atoms with Crippen LogP contribution in [0.25, 0.3) is 0 Å². The average Bonchev–Trinajstić information content (AvgIpc) is 2.43. The van der Waals surface area contributed by atoms with Crippen LogP contribution in [0.2, 0.25) is 0 Å². The molecule has 0 aliphatic rings. The normalized spacial score (nSPS) is 12.0. The third-order valence-electron chi connectivity index (χ3n) is 2.49. The Hall–Kier alpha value is -1.78. The van der Waals surface area contributed by atoms with Gasteiger partial charge in [0, 0.05) is 18.7 Å². The van der Waals surface area contributed by atoms with Crippen molar-refractivity contribution in [2.75, 3.05) is 12.8 Å². The number of hydrogen-bond acceptors (Lipinski definition) is 7. The molecule has 0 saturated heterocycles. The molecule has 0 aliphatic heterocycles. The number of carboxylic acid groups (broad SMARTS) is 1. The lowest BCUT2D eigenvalue weighted by Gasteiger charge is -2.22. The zero-order valence-electron chi connectivity index (χ0n) is 11.9. The van der Waals surface area contributed by atoms with E-state index in [2.05, 4.69) is 4.72 Å². The number of carbonyl (C=O) groups excluding carboxylic acids is 1. The van der Waals surface area contributed by atoms with Crippen molar-refractivity contribution in [3.05, 3.63) is 34.4 Å². The molecular weight excluding hydrogens is 330 g/mol. The van der Waals surface area contributed by atoms with Gasteiger partial charge in [0.05, 0.1) is 4.92 Å². The summed E-state index contributed by atoms with van der Waals surface area (Å²) in [4.78, 5) is 32.9. The highest BCUT2D eigenvalue weighted by atomic mass is 32.2. The van der Waals surface area contributed by atoms with Gasteiger partial charge in [-0.3, -0.25) is 19.7 Å². The highest BCUT2D eigenvalue weighted by molar-refractivity contribution is 7.98. The van der Waals surface area contributed by atoms with Gasteiger partial charge in [0.25, 0.3) is 5.69 Å². The molecule has 1 aromatic carbocycles. The summed E-state index contributed by atoms with van der Waals surface area (Å²) in [6, 6.07) is 5.19. The maximum atomic E-state index is 11.3. The maximum absolute atomic E-state index is 11.3. The van der Waals surface area contributed by atoms with Crippen LogP contribution in [0.1, 0.15) is 6.92 Å². The second-order valence-corrected chi connectivity index (χ2v) is 6.21. The van der Waals surface area contributed by atoms with Crippen molar-refractivity contribution in [3.8, 4) is 0 Å². The van der Waals surface area contributed by atoms with Gasteiger partial charge in [-0.1, -0.05) is 12.1 Å². The first-order valence-corrected chi connectivity index (χ1v) is 7.84. The highest BCUT2D eigenvalue weighted by Gasteiger charge is 2.26. The summed E-state index contributed by atoms with van der Waals surface area (Å²) in [5.41, 5.74) is -0.0852. The van der Waals surface area contributed by atoms with Crippen molar-refractivity contribution in [3.63, 3.8) is 0 Å². The molecule has 1 rings (SSSR count). The van der Waals surface area contributed by atoms with Gasteiger partial charge >= 0.3 is 5.97 Å². The molecule has 0 saturated carbocycles. The first kappa shape index (κ1) is 18.3. The Kier molecular flexibility index (Phi) is 7.15. The third-order valence-corrected chi connectivity index (χ3v) is 4.48. The van der Waals surface area contributed by atoms with Crippen LogP contribution in [0.5, 0.6) is 0 Å². The van der Waals surface area contributed by atoms with Crippen LogP contribution in [0.4, 0.5) is 5.69 Å². The predicted octanol–water partition coefficient (Wildman–Crippen LogP) is 1.77. The van der Waals surface area contributed by atoms with Crippen LogP contribution in [0.3, 0.4) is 0 Å². The summed E-state index contributed by atoms with van der Waals surface area (Å²) in [6.45, 7) is 1.33. The number of aliphatic carboxylic acids is 1. The van der Waals surface area contributed by atoms with Crippen LogP contribution in [-0.2, 0) is 9.59 Å². The first-order chi connectivity index (χ1) is 10.3. The number of likely N-dealkylation sites (N-methyl/N-ethyl adjacent to an activating group) is 1. The summed E-state index contributed by atoms with van der Waals surface area (Å²) < 4.78 is 3.87. The molecule has 0 fully saturated rings. The number of carboxylic acids is 1. The monoisotopic (exact) mass is 345 g/mol. The molecule has 0 aliphatic carbocycles. The van der Waals surface area contributed by atoms with Gasteiger partial charge in [-0.25, -0.2) is 4.31 Å². The topological polar surface area (TPSA) is 113 Å². The first-order valence-electron chi connectivity index (χ1n) is 6.08. The van der Waals surface area contributed by atoms with E-state index >= 15 is 0 Å². The fourth-order valence-electron chi connectivity index (χ4n) is 1.46. The minimum absolute atomic E-state index is 0.0852. The summed E-state index contributed by atoms with van der Waals surface area (Å²) >= 11 is 1.96. The molecule has 0 heterocycles. The number of amides is 1. The Morgan fingerprint density at radius 2 is 2.09 bits per heavy atom. The molecule has 120 valence electrons.